The van der Waals surface area contributed by atoms with Gasteiger partial charge >= 0.3 is 0 Å². The van der Waals surface area contributed by atoms with Gasteiger partial charge in [0.05, 0.1) is 11.4 Å². The first-order valence-electron chi connectivity index (χ1n) is 9.99. The maximum Gasteiger partial charge on any atom is 0.221 e. The van der Waals surface area contributed by atoms with Crippen molar-refractivity contribution in [3.63, 3.8) is 0 Å². The summed E-state index contributed by atoms with van der Waals surface area (Å²) in [7, 11) is 0. The van der Waals surface area contributed by atoms with Crippen LogP contribution in [0.4, 0.5) is 5.69 Å². The molecule has 6 nitrogen and oxygen atoms in total. The van der Waals surface area contributed by atoms with E-state index in [1.54, 1.807) is 0 Å². The van der Waals surface area contributed by atoms with Gasteiger partial charge in [-0.2, -0.15) is 0 Å². The number of nitrogens with zero attached hydrogens (tertiary/aromatic N) is 3. The fraction of sp³-hybridized carbons (Fsp3) is 0.304. The van der Waals surface area contributed by atoms with Crippen molar-refractivity contribution in [3.05, 3.63) is 65.0 Å². The molecule has 1 heterocycles. The summed E-state index contributed by atoms with van der Waals surface area (Å²) in [5.74, 6) is 1.56. The van der Waals surface area contributed by atoms with Crippen molar-refractivity contribution in [1.29, 1.82) is 0 Å². The second-order valence-corrected chi connectivity index (χ2v) is 8.65. The molecule has 3 aromatic rings. The summed E-state index contributed by atoms with van der Waals surface area (Å²) in [5.41, 5.74) is 4.41. The average Bonchev–Trinajstić information content (AvgIpc) is 3.47. The Morgan fingerprint density at radius 2 is 1.93 bits per heavy atom. The first-order valence-corrected chi connectivity index (χ1v) is 11.0. The molecular weight excluding hydrogens is 396 g/mol. The zero-order valence-corrected chi connectivity index (χ0v) is 18.1. The third-order valence-electron chi connectivity index (χ3n) is 5.05. The maximum absolute atomic E-state index is 12.8. The number of thioether (sulfide) groups is 1. The highest BCUT2D eigenvalue weighted by atomic mass is 32.2. The van der Waals surface area contributed by atoms with Crippen molar-refractivity contribution in [1.82, 2.24) is 14.8 Å². The van der Waals surface area contributed by atoms with Crippen molar-refractivity contribution < 1.29 is 9.59 Å². The number of ketones is 1. The van der Waals surface area contributed by atoms with Crippen LogP contribution in [-0.4, -0.2) is 32.2 Å². The van der Waals surface area contributed by atoms with Gasteiger partial charge in [-0.3, -0.25) is 14.2 Å². The Bertz CT molecular complexity index is 1120. The fourth-order valence-electron chi connectivity index (χ4n) is 3.39. The lowest BCUT2D eigenvalue weighted by Crippen LogP contribution is -2.09. The predicted octanol–water partition coefficient (Wildman–Crippen LogP) is 4.69. The van der Waals surface area contributed by atoms with E-state index in [0.717, 1.165) is 46.7 Å². The standard InChI is InChI=1S/C23H24N4O2S/c1-14-7-8-15(2)20(11-14)21(29)13-30-23-26-25-22(17-9-10-17)27(23)19-6-4-5-18(12-19)24-16(3)28/h4-8,11-12,17H,9-10,13H2,1-3H3,(H,24,28). The minimum absolute atomic E-state index is 0.0794. The van der Waals surface area contributed by atoms with Gasteiger partial charge in [-0.25, -0.2) is 0 Å². The van der Waals surface area contributed by atoms with Crippen LogP contribution in [0.1, 0.15) is 53.0 Å². The smallest absolute Gasteiger partial charge is 0.221 e. The SMILES string of the molecule is CC(=O)Nc1cccc(-n2c(SCC(=O)c3cc(C)ccc3C)nnc2C2CC2)c1. The van der Waals surface area contributed by atoms with E-state index in [2.05, 4.69) is 15.5 Å². The summed E-state index contributed by atoms with van der Waals surface area (Å²) >= 11 is 1.40. The van der Waals surface area contributed by atoms with Crippen LogP contribution in [0.2, 0.25) is 0 Å². The number of carbonyl (C=O) groups excluding carboxylic acids is 2. The molecule has 1 aliphatic rings. The zero-order valence-electron chi connectivity index (χ0n) is 17.3. The number of nitrogens with one attached hydrogen (secondary N) is 1. The van der Waals surface area contributed by atoms with E-state index in [-0.39, 0.29) is 11.7 Å². The Balaban J connectivity index is 1.61. The summed E-state index contributed by atoms with van der Waals surface area (Å²) in [6.07, 6.45) is 2.19. The second kappa shape index (κ2) is 8.44. The lowest BCUT2D eigenvalue weighted by atomic mass is 10.0. The first kappa shape index (κ1) is 20.3. The summed E-state index contributed by atoms with van der Waals surface area (Å²) in [6.45, 7) is 5.43. The summed E-state index contributed by atoms with van der Waals surface area (Å²) in [4.78, 5) is 24.3. The van der Waals surface area contributed by atoms with Gasteiger partial charge in [0.1, 0.15) is 5.82 Å². The Morgan fingerprint density at radius 1 is 1.13 bits per heavy atom. The zero-order chi connectivity index (χ0) is 21.3. The second-order valence-electron chi connectivity index (χ2n) is 7.71. The van der Waals surface area contributed by atoms with Gasteiger partial charge in [0.25, 0.3) is 0 Å². The minimum Gasteiger partial charge on any atom is -0.326 e. The predicted molar refractivity (Wildman–Crippen MR) is 119 cm³/mol. The van der Waals surface area contributed by atoms with E-state index < -0.39 is 0 Å². The first-order chi connectivity index (χ1) is 14.4. The number of anilines is 1. The molecule has 0 saturated heterocycles. The largest absolute Gasteiger partial charge is 0.326 e. The number of carbonyl (C=O) groups is 2. The molecule has 1 fully saturated rings. The number of aryl methyl sites for hydroxylation is 2. The fourth-order valence-corrected chi connectivity index (χ4v) is 4.24. The molecule has 0 radical (unpaired) electrons. The molecule has 0 bridgehead atoms. The minimum atomic E-state index is -0.118. The lowest BCUT2D eigenvalue weighted by Gasteiger charge is -2.12. The van der Waals surface area contributed by atoms with Crippen LogP contribution < -0.4 is 5.32 Å². The molecule has 1 N–H and O–H groups in total. The monoisotopic (exact) mass is 420 g/mol. The van der Waals surface area contributed by atoms with Crippen molar-refractivity contribution in [3.8, 4) is 5.69 Å². The molecule has 154 valence electrons. The molecule has 1 aliphatic carbocycles. The van der Waals surface area contributed by atoms with Gasteiger partial charge in [-0.15, -0.1) is 10.2 Å². The van der Waals surface area contributed by atoms with Crippen molar-refractivity contribution in [2.24, 2.45) is 0 Å². The average molecular weight is 421 g/mol. The molecule has 30 heavy (non-hydrogen) atoms. The van der Waals surface area contributed by atoms with Crippen LogP contribution in [0.15, 0.2) is 47.6 Å². The van der Waals surface area contributed by atoms with E-state index in [0.29, 0.717) is 16.8 Å². The Morgan fingerprint density at radius 3 is 2.67 bits per heavy atom. The topological polar surface area (TPSA) is 76.9 Å². The van der Waals surface area contributed by atoms with E-state index in [4.69, 9.17) is 0 Å². The highest BCUT2D eigenvalue weighted by molar-refractivity contribution is 7.99. The highest BCUT2D eigenvalue weighted by Crippen LogP contribution is 2.41. The molecule has 0 unspecified atom stereocenters. The molecule has 1 saturated carbocycles. The summed E-state index contributed by atoms with van der Waals surface area (Å²) < 4.78 is 2.02. The number of hydrogen-bond acceptors (Lipinski definition) is 5. The number of aromatic nitrogens is 3. The molecule has 7 heteroatoms. The van der Waals surface area contributed by atoms with Crippen molar-refractivity contribution in [2.45, 2.75) is 44.7 Å². The number of rotatable bonds is 7. The molecular formula is C23H24N4O2S. The van der Waals surface area contributed by atoms with Gasteiger partial charge < -0.3 is 5.32 Å². The molecule has 4 rings (SSSR count). The Labute approximate surface area is 180 Å². The lowest BCUT2D eigenvalue weighted by molar-refractivity contribution is -0.114. The summed E-state index contributed by atoms with van der Waals surface area (Å²) in [6, 6.07) is 13.6. The molecule has 0 aliphatic heterocycles. The summed E-state index contributed by atoms with van der Waals surface area (Å²) in [5, 5.41) is 12.3. The van der Waals surface area contributed by atoms with Gasteiger partial charge in [0.15, 0.2) is 10.9 Å². The van der Waals surface area contributed by atoms with Gasteiger partial charge in [0, 0.05) is 24.1 Å². The van der Waals surface area contributed by atoms with Crippen LogP contribution >= 0.6 is 11.8 Å². The van der Waals surface area contributed by atoms with E-state index >= 15 is 0 Å². The van der Waals surface area contributed by atoms with Crippen LogP contribution in [0, 0.1) is 13.8 Å². The van der Waals surface area contributed by atoms with Crippen LogP contribution in [0.3, 0.4) is 0 Å². The normalized spacial score (nSPS) is 13.3. The van der Waals surface area contributed by atoms with E-state index in [1.165, 1.54) is 18.7 Å². The Hall–Kier alpha value is -2.93. The molecule has 1 amide bonds. The van der Waals surface area contributed by atoms with E-state index in [1.807, 2.05) is 60.9 Å². The third kappa shape index (κ3) is 4.46. The van der Waals surface area contributed by atoms with Crippen molar-refractivity contribution >= 4 is 29.1 Å². The number of Topliss-reactive ketones (excluding diaryl/α,β-unsaturated/α-hetero) is 1. The molecule has 2 aromatic carbocycles. The van der Waals surface area contributed by atoms with Gasteiger partial charge in [-0.1, -0.05) is 35.5 Å². The van der Waals surface area contributed by atoms with Crippen molar-refractivity contribution in [2.75, 3.05) is 11.1 Å². The van der Waals surface area contributed by atoms with Gasteiger partial charge in [-0.05, 0) is 56.5 Å². The molecule has 0 atom stereocenters. The third-order valence-corrected chi connectivity index (χ3v) is 5.98. The van der Waals surface area contributed by atoms with E-state index in [9.17, 15) is 9.59 Å². The van der Waals surface area contributed by atoms with Gasteiger partial charge in [0.2, 0.25) is 5.91 Å². The quantitative estimate of drug-likeness (QED) is 0.443. The van der Waals surface area contributed by atoms with Crippen LogP contribution in [-0.2, 0) is 4.79 Å². The number of benzene rings is 2. The number of amides is 1. The number of hydrogen-bond donors (Lipinski definition) is 1. The molecule has 0 spiro atoms. The molecule has 1 aromatic heterocycles. The maximum atomic E-state index is 12.8. The highest BCUT2D eigenvalue weighted by Gasteiger charge is 2.31. The van der Waals surface area contributed by atoms with Crippen LogP contribution in [0.5, 0.6) is 0 Å². The Kier molecular flexibility index (Phi) is 5.72. The van der Waals surface area contributed by atoms with Crippen LogP contribution in [0.25, 0.3) is 5.69 Å².